The summed E-state index contributed by atoms with van der Waals surface area (Å²) in [5, 5.41) is 10.3. The largest absolute Gasteiger partial charge is 0.388 e. The lowest BCUT2D eigenvalue weighted by molar-refractivity contribution is 0.0599. The van der Waals surface area contributed by atoms with Crippen LogP contribution in [0.15, 0.2) is 28.7 Å². The van der Waals surface area contributed by atoms with E-state index in [2.05, 4.69) is 41.6 Å². The molecule has 0 bridgehead atoms. The molecule has 0 saturated carbocycles. The number of piperidine rings is 1. The van der Waals surface area contributed by atoms with Gasteiger partial charge in [-0.05, 0) is 49.3 Å². The van der Waals surface area contributed by atoms with Gasteiger partial charge in [-0.25, -0.2) is 0 Å². The fourth-order valence-electron chi connectivity index (χ4n) is 3.30. The van der Waals surface area contributed by atoms with Crippen molar-refractivity contribution >= 4 is 15.9 Å². The van der Waals surface area contributed by atoms with Crippen molar-refractivity contribution in [2.75, 3.05) is 13.1 Å². The molecule has 20 heavy (non-hydrogen) atoms. The predicted molar refractivity (Wildman–Crippen MR) is 87.7 cm³/mol. The average molecular weight is 340 g/mol. The van der Waals surface area contributed by atoms with E-state index in [-0.39, 0.29) is 6.10 Å². The second kappa shape index (κ2) is 7.06. The fraction of sp³-hybridized carbons (Fsp3) is 0.647. The molecule has 2 rings (SSSR count). The first kappa shape index (κ1) is 16.0. The third-order valence-corrected chi connectivity index (χ3v) is 5.14. The number of aliphatic hydroxyl groups excluding tert-OH is 1. The Morgan fingerprint density at radius 2 is 2.10 bits per heavy atom. The standard InChI is InChI=1S/C17H26BrNO/c1-12-9-13(2)14(3)19(11-12)8-7-17(20)15-5-4-6-16(18)10-15/h4-6,10,12-14,17,20H,7-9,11H2,1-3H3. The maximum atomic E-state index is 10.3. The van der Waals surface area contributed by atoms with Crippen molar-refractivity contribution in [3.05, 3.63) is 34.3 Å². The molecule has 1 saturated heterocycles. The molecule has 4 unspecified atom stereocenters. The Balaban J connectivity index is 1.91. The van der Waals surface area contributed by atoms with Crippen molar-refractivity contribution in [3.8, 4) is 0 Å². The van der Waals surface area contributed by atoms with E-state index in [0.29, 0.717) is 6.04 Å². The number of hydrogen-bond donors (Lipinski definition) is 1. The van der Waals surface area contributed by atoms with Gasteiger partial charge in [-0.3, -0.25) is 0 Å². The maximum Gasteiger partial charge on any atom is 0.0802 e. The van der Waals surface area contributed by atoms with Crippen LogP contribution < -0.4 is 0 Å². The van der Waals surface area contributed by atoms with E-state index < -0.39 is 0 Å². The maximum absolute atomic E-state index is 10.3. The Morgan fingerprint density at radius 3 is 2.80 bits per heavy atom. The highest BCUT2D eigenvalue weighted by atomic mass is 79.9. The summed E-state index contributed by atoms with van der Waals surface area (Å²) >= 11 is 3.46. The Kier molecular flexibility index (Phi) is 5.65. The first-order valence-corrected chi connectivity index (χ1v) is 8.44. The number of benzene rings is 1. The van der Waals surface area contributed by atoms with Crippen LogP contribution in [-0.4, -0.2) is 29.1 Å². The summed E-state index contributed by atoms with van der Waals surface area (Å²) in [7, 11) is 0. The summed E-state index contributed by atoms with van der Waals surface area (Å²) in [5.74, 6) is 1.52. The normalized spacial score (nSPS) is 29.4. The van der Waals surface area contributed by atoms with Crippen molar-refractivity contribution in [2.24, 2.45) is 11.8 Å². The second-order valence-electron chi connectivity index (χ2n) is 6.41. The number of aliphatic hydroxyl groups is 1. The average Bonchev–Trinajstić information content (AvgIpc) is 2.40. The first-order valence-electron chi connectivity index (χ1n) is 7.65. The van der Waals surface area contributed by atoms with Gasteiger partial charge in [-0.15, -0.1) is 0 Å². The van der Waals surface area contributed by atoms with Crippen molar-refractivity contribution < 1.29 is 5.11 Å². The highest BCUT2D eigenvalue weighted by molar-refractivity contribution is 9.10. The van der Waals surface area contributed by atoms with E-state index in [1.807, 2.05) is 24.3 Å². The van der Waals surface area contributed by atoms with E-state index >= 15 is 0 Å². The van der Waals surface area contributed by atoms with Crippen LogP contribution in [0.2, 0.25) is 0 Å². The van der Waals surface area contributed by atoms with Gasteiger partial charge in [-0.1, -0.05) is 41.9 Å². The number of hydrogen-bond acceptors (Lipinski definition) is 2. The first-order chi connectivity index (χ1) is 9.47. The van der Waals surface area contributed by atoms with Crippen LogP contribution in [0, 0.1) is 11.8 Å². The summed E-state index contributed by atoms with van der Waals surface area (Å²) in [4.78, 5) is 2.54. The van der Waals surface area contributed by atoms with Gasteiger partial charge in [0, 0.05) is 23.6 Å². The zero-order chi connectivity index (χ0) is 14.7. The van der Waals surface area contributed by atoms with Crippen molar-refractivity contribution in [2.45, 2.75) is 45.8 Å². The lowest BCUT2D eigenvalue weighted by Gasteiger charge is -2.41. The van der Waals surface area contributed by atoms with E-state index in [0.717, 1.165) is 41.4 Å². The van der Waals surface area contributed by atoms with Crippen LogP contribution in [0.3, 0.4) is 0 Å². The lowest BCUT2D eigenvalue weighted by atomic mass is 9.86. The van der Waals surface area contributed by atoms with Crippen LogP contribution in [0.4, 0.5) is 0 Å². The van der Waals surface area contributed by atoms with Crippen LogP contribution in [0.25, 0.3) is 0 Å². The van der Waals surface area contributed by atoms with Gasteiger partial charge >= 0.3 is 0 Å². The van der Waals surface area contributed by atoms with Gasteiger partial charge in [0.15, 0.2) is 0 Å². The minimum absolute atomic E-state index is 0.368. The highest BCUT2D eigenvalue weighted by Gasteiger charge is 2.28. The molecule has 1 aliphatic rings. The Labute approximate surface area is 131 Å². The van der Waals surface area contributed by atoms with E-state index in [9.17, 15) is 5.11 Å². The highest BCUT2D eigenvalue weighted by Crippen LogP contribution is 2.28. The molecule has 1 fully saturated rings. The number of halogens is 1. The predicted octanol–water partition coefficient (Wildman–Crippen LogP) is 4.24. The minimum atomic E-state index is -0.368. The van der Waals surface area contributed by atoms with Crippen LogP contribution in [0.1, 0.15) is 45.3 Å². The summed E-state index contributed by atoms with van der Waals surface area (Å²) < 4.78 is 1.03. The van der Waals surface area contributed by atoms with Crippen molar-refractivity contribution in [1.29, 1.82) is 0 Å². The zero-order valence-electron chi connectivity index (χ0n) is 12.7. The molecule has 112 valence electrons. The molecular weight excluding hydrogens is 314 g/mol. The summed E-state index contributed by atoms with van der Waals surface area (Å²) in [6, 6.07) is 8.61. The minimum Gasteiger partial charge on any atom is -0.388 e. The van der Waals surface area contributed by atoms with Gasteiger partial charge in [-0.2, -0.15) is 0 Å². The Hall–Kier alpha value is -0.380. The summed E-state index contributed by atoms with van der Waals surface area (Å²) in [6.07, 6.45) is 1.76. The topological polar surface area (TPSA) is 23.5 Å². The molecule has 0 radical (unpaired) electrons. The Bertz CT molecular complexity index is 437. The molecule has 0 aliphatic carbocycles. The van der Waals surface area contributed by atoms with Crippen molar-refractivity contribution in [3.63, 3.8) is 0 Å². The van der Waals surface area contributed by atoms with Crippen molar-refractivity contribution in [1.82, 2.24) is 4.90 Å². The van der Waals surface area contributed by atoms with Crippen LogP contribution >= 0.6 is 15.9 Å². The molecule has 0 amide bonds. The van der Waals surface area contributed by atoms with E-state index in [4.69, 9.17) is 0 Å². The van der Waals surface area contributed by atoms with E-state index in [1.165, 1.54) is 6.42 Å². The quantitative estimate of drug-likeness (QED) is 0.886. The van der Waals surface area contributed by atoms with Crippen LogP contribution in [-0.2, 0) is 0 Å². The van der Waals surface area contributed by atoms with Crippen LogP contribution in [0.5, 0.6) is 0 Å². The van der Waals surface area contributed by atoms with Gasteiger partial charge < -0.3 is 10.0 Å². The number of nitrogens with zero attached hydrogens (tertiary/aromatic N) is 1. The fourth-order valence-corrected chi connectivity index (χ4v) is 3.71. The van der Waals surface area contributed by atoms with E-state index in [1.54, 1.807) is 0 Å². The SMILES string of the molecule is CC1CC(C)C(C)N(CCC(O)c2cccc(Br)c2)C1. The molecule has 1 aromatic carbocycles. The van der Waals surface area contributed by atoms with Gasteiger partial charge in [0.2, 0.25) is 0 Å². The molecule has 1 N–H and O–H groups in total. The Morgan fingerprint density at radius 1 is 1.35 bits per heavy atom. The molecule has 1 aliphatic heterocycles. The molecule has 0 aromatic heterocycles. The molecule has 0 spiro atoms. The number of likely N-dealkylation sites (tertiary alicyclic amines) is 1. The molecule has 3 heteroatoms. The van der Waals surface area contributed by atoms with Gasteiger partial charge in [0.25, 0.3) is 0 Å². The third-order valence-electron chi connectivity index (χ3n) is 4.64. The molecule has 1 heterocycles. The zero-order valence-corrected chi connectivity index (χ0v) is 14.3. The molecule has 1 aromatic rings. The monoisotopic (exact) mass is 339 g/mol. The third kappa shape index (κ3) is 4.06. The van der Waals surface area contributed by atoms with Gasteiger partial charge in [0.05, 0.1) is 6.10 Å². The summed E-state index contributed by atoms with van der Waals surface area (Å²) in [5.41, 5.74) is 1.00. The summed E-state index contributed by atoms with van der Waals surface area (Å²) in [6.45, 7) is 9.14. The number of rotatable bonds is 4. The smallest absolute Gasteiger partial charge is 0.0802 e. The molecule has 2 nitrogen and oxygen atoms in total. The second-order valence-corrected chi connectivity index (χ2v) is 7.33. The van der Waals surface area contributed by atoms with Gasteiger partial charge in [0.1, 0.15) is 0 Å². The molecular formula is C17H26BrNO. The molecule has 4 atom stereocenters. The lowest BCUT2D eigenvalue weighted by Crippen LogP contribution is -2.46.